The molecule has 1 heterocycles. The Hall–Kier alpha value is -3.43. The summed E-state index contributed by atoms with van der Waals surface area (Å²) in [5, 5.41) is 7.08. The van der Waals surface area contributed by atoms with Crippen molar-refractivity contribution in [1.82, 2.24) is 20.9 Å². The number of rotatable bonds is 5. The molecule has 31 heavy (non-hydrogen) atoms. The molecule has 1 saturated carbocycles. The van der Waals surface area contributed by atoms with Gasteiger partial charge in [0.1, 0.15) is 12.1 Å². The number of imide groups is 2. The minimum Gasteiger partial charge on any atom is -0.446 e. The summed E-state index contributed by atoms with van der Waals surface area (Å²) in [5.41, 5.74) is -0.655. The number of amides is 6. The topological polar surface area (TPSA) is 134 Å². The molecule has 1 aromatic carbocycles. The Bertz CT molecular complexity index is 889. The van der Waals surface area contributed by atoms with Crippen LogP contribution in [0.4, 0.5) is 9.59 Å². The molecule has 1 spiro atoms. The fourth-order valence-electron chi connectivity index (χ4n) is 4.08. The van der Waals surface area contributed by atoms with Crippen LogP contribution in [0.1, 0.15) is 44.3 Å². The molecule has 0 bridgehead atoms. The molecule has 3 rings (SSSR count). The second kappa shape index (κ2) is 9.15. The number of nitrogens with zero attached hydrogens (tertiary/aromatic N) is 1. The highest BCUT2D eigenvalue weighted by Crippen LogP contribution is 2.38. The molecule has 0 unspecified atom stereocenters. The highest BCUT2D eigenvalue weighted by atomic mass is 16.5. The summed E-state index contributed by atoms with van der Waals surface area (Å²) in [6.07, 6.45) is 1.69. The van der Waals surface area contributed by atoms with Crippen molar-refractivity contribution in [2.45, 2.75) is 44.2 Å². The quantitative estimate of drug-likeness (QED) is 0.475. The number of benzene rings is 1. The lowest BCUT2D eigenvalue weighted by atomic mass is 9.73. The maximum Gasteiger partial charge on any atom is 0.327 e. The molecule has 10 nitrogen and oxygen atoms in total. The first-order valence-electron chi connectivity index (χ1n) is 10.2. The Kier molecular flexibility index (Phi) is 6.57. The van der Waals surface area contributed by atoms with Gasteiger partial charge in [0, 0.05) is 12.6 Å². The first-order chi connectivity index (χ1) is 14.8. The summed E-state index contributed by atoms with van der Waals surface area (Å²) in [7, 11) is 1.34. The Morgan fingerprint density at radius 2 is 1.94 bits per heavy atom. The summed E-state index contributed by atoms with van der Waals surface area (Å²) in [5.74, 6) is -2.29. The number of hydrogen-bond acceptors (Lipinski definition) is 6. The third-order valence-electron chi connectivity index (χ3n) is 5.84. The van der Waals surface area contributed by atoms with Crippen molar-refractivity contribution < 1.29 is 28.7 Å². The molecule has 2 aliphatic rings. The molecule has 2 fully saturated rings. The summed E-state index contributed by atoms with van der Waals surface area (Å²) < 4.78 is 5.30. The lowest BCUT2D eigenvalue weighted by Gasteiger charge is -2.36. The SMILES string of the molecule is CNC(=O)NC(=O)[C@@H](OC(=O)CN1C(=O)N[C@@]2(CCCC[C@H]2C)C1=O)c1ccccc1. The molecule has 0 radical (unpaired) electrons. The van der Waals surface area contributed by atoms with Crippen LogP contribution in [-0.2, 0) is 19.1 Å². The molecule has 166 valence electrons. The molecule has 1 aromatic rings. The molecule has 3 atom stereocenters. The maximum atomic E-state index is 13.0. The Labute approximate surface area is 179 Å². The second-order valence-corrected chi connectivity index (χ2v) is 7.79. The van der Waals surface area contributed by atoms with Gasteiger partial charge in [-0.3, -0.25) is 24.6 Å². The van der Waals surface area contributed by atoms with Crippen molar-refractivity contribution in [3.8, 4) is 0 Å². The predicted molar refractivity (Wildman–Crippen MR) is 108 cm³/mol. The van der Waals surface area contributed by atoms with Crippen molar-refractivity contribution in [3.63, 3.8) is 0 Å². The van der Waals surface area contributed by atoms with E-state index >= 15 is 0 Å². The van der Waals surface area contributed by atoms with Gasteiger partial charge in [-0.05, 0) is 18.8 Å². The number of nitrogens with one attached hydrogen (secondary N) is 3. The lowest BCUT2D eigenvalue weighted by molar-refractivity contribution is -0.158. The van der Waals surface area contributed by atoms with E-state index in [2.05, 4.69) is 16.0 Å². The largest absolute Gasteiger partial charge is 0.446 e. The zero-order chi connectivity index (χ0) is 22.6. The van der Waals surface area contributed by atoms with E-state index in [0.717, 1.165) is 24.2 Å². The first kappa shape index (κ1) is 22.3. The fourth-order valence-corrected chi connectivity index (χ4v) is 4.08. The molecule has 1 saturated heterocycles. The molecule has 3 N–H and O–H groups in total. The zero-order valence-electron chi connectivity index (χ0n) is 17.5. The van der Waals surface area contributed by atoms with Crippen LogP contribution in [0.2, 0.25) is 0 Å². The average molecular weight is 430 g/mol. The number of ether oxygens (including phenoxy) is 1. The van der Waals surface area contributed by atoms with Crippen molar-refractivity contribution in [2.24, 2.45) is 5.92 Å². The van der Waals surface area contributed by atoms with Gasteiger partial charge >= 0.3 is 18.0 Å². The Balaban J connectivity index is 1.73. The standard InChI is InChI=1S/C21H26N4O6/c1-13-8-6-7-11-21(13)18(28)25(20(30)24-21)12-15(26)31-16(14-9-4-3-5-10-14)17(27)23-19(29)22-2/h3-5,9-10,13,16H,6-8,11-12H2,1-2H3,(H,24,30)(H2,22,23,27,29)/t13-,16+,21-/m1/s1. The first-order valence-corrected chi connectivity index (χ1v) is 10.2. The average Bonchev–Trinajstić information content (AvgIpc) is 2.99. The van der Waals surface area contributed by atoms with Gasteiger partial charge in [0.2, 0.25) is 6.10 Å². The van der Waals surface area contributed by atoms with Crippen molar-refractivity contribution >= 4 is 29.8 Å². The molecule has 1 aliphatic carbocycles. The lowest BCUT2D eigenvalue weighted by Crippen LogP contribution is -2.54. The van der Waals surface area contributed by atoms with Crippen LogP contribution in [0.5, 0.6) is 0 Å². The second-order valence-electron chi connectivity index (χ2n) is 7.79. The minimum atomic E-state index is -1.42. The van der Waals surface area contributed by atoms with Crippen LogP contribution in [0, 0.1) is 5.92 Å². The molecule has 10 heteroatoms. The van der Waals surface area contributed by atoms with Gasteiger partial charge < -0.3 is 15.4 Å². The third kappa shape index (κ3) is 4.52. The van der Waals surface area contributed by atoms with E-state index in [0.29, 0.717) is 12.0 Å². The summed E-state index contributed by atoms with van der Waals surface area (Å²) in [6, 6.07) is 6.73. The number of urea groups is 2. The highest BCUT2D eigenvalue weighted by Gasteiger charge is 2.55. The van der Waals surface area contributed by atoms with Crippen molar-refractivity contribution in [2.75, 3.05) is 13.6 Å². The molecule has 6 amide bonds. The summed E-state index contributed by atoms with van der Waals surface area (Å²) in [6.45, 7) is 1.28. The fraction of sp³-hybridized carbons (Fsp3) is 0.476. The highest BCUT2D eigenvalue weighted by molar-refractivity contribution is 6.09. The smallest absolute Gasteiger partial charge is 0.327 e. The predicted octanol–water partition coefficient (Wildman–Crippen LogP) is 1.23. The third-order valence-corrected chi connectivity index (χ3v) is 5.84. The normalized spacial score (nSPS) is 23.8. The number of carbonyl (C=O) groups excluding carboxylic acids is 5. The van der Waals surface area contributed by atoms with Gasteiger partial charge in [-0.2, -0.15) is 0 Å². The van der Waals surface area contributed by atoms with Gasteiger partial charge in [0.25, 0.3) is 11.8 Å². The van der Waals surface area contributed by atoms with Crippen molar-refractivity contribution in [3.05, 3.63) is 35.9 Å². The molecule has 1 aliphatic heterocycles. The van der Waals surface area contributed by atoms with Crippen LogP contribution in [0.3, 0.4) is 0 Å². The van der Waals surface area contributed by atoms with Gasteiger partial charge in [-0.15, -0.1) is 0 Å². The maximum absolute atomic E-state index is 13.0. The van der Waals surface area contributed by atoms with Crippen LogP contribution >= 0.6 is 0 Å². The monoisotopic (exact) mass is 430 g/mol. The number of hydrogen-bond donors (Lipinski definition) is 3. The van der Waals surface area contributed by atoms with Crippen LogP contribution in [0.25, 0.3) is 0 Å². The number of carbonyl (C=O) groups is 5. The van der Waals surface area contributed by atoms with E-state index in [1.807, 2.05) is 6.92 Å². The molecular formula is C21H26N4O6. The Morgan fingerprint density at radius 3 is 2.58 bits per heavy atom. The van der Waals surface area contributed by atoms with E-state index in [4.69, 9.17) is 4.74 Å². The Morgan fingerprint density at radius 1 is 1.23 bits per heavy atom. The van der Waals surface area contributed by atoms with E-state index in [-0.39, 0.29) is 5.92 Å². The van der Waals surface area contributed by atoms with Crippen molar-refractivity contribution in [1.29, 1.82) is 0 Å². The van der Waals surface area contributed by atoms with E-state index in [1.165, 1.54) is 7.05 Å². The van der Waals surface area contributed by atoms with Gasteiger partial charge in [-0.25, -0.2) is 9.59 Å². The van der Waals surface area contributed by atoms with Crippen LogP contribution < -0.4 is 16.0 Å². The summed E-state index contributed by atoms with van der Waals surface area (Å²) >= 11 is 0. The van der Waals surface area contributed by atoms with Gasteiger partial charge in [0.15, 0.2) is 0 Å². The molecular weight excluding hydrogens is 404 g/mol. The van der Waals surface area contributed by atoms with Crippen LogP contribution in [-0.4, -0.2) is 53.9 Å². The van der Waals surface area contributed by atoms with E-state index < -0.39 is 48.0 Å². The van der Waals surface area contributed by atoms with E-state index in [1.54, 1.807) is 30.3 Å². The zero-order valence-corrected chi connectivity index (χ0v) is 17.5. The van der Waals surface area contributed by atoms with Gasteiger partial charge in [-0.1, -0.05) is 50.1 Å². The summed E-state index contributed by atoms with van der Waals surface area (Å²) in [4.78, 5) is 62.9. The molecule has 0 aromatic heterocycles. The van der Waals surface area contributed by atoms with Crippen LogP contribution in [0.15, 0.2) is 30.3 Å². The van der Waals surface area contributed by atoms with Gasteiger partial charge in [0.05, 0.1) is 0 Å². The minimum absolute atomic E-state index is 0.0471. The number of esters is 1. The van der Waals surface area contributed by atoms with E-state index in [9.17, 15) is 24.0 Å².